The van der Waals surface area contributed by atoms with Crippen molar-refractivity contribution in [3.63, 3.8) is 0 Å². The van der Waals surface area contributed by atoms with Crippen molar-refractivity contribution in [1.82, 2.24) is 14.5 Å². The number of benzene rings is 2. The molecule has 1 fully saturated rings. The van der Waals surface area contributed by atoms with Gasteiger partial charge in [0.15, 0.2) is 0 Å². The lowest BCUT2D eigenvalue weighted by Crippen LogP contribution is -2.49. The zero-order valence-electron chi connectivity index (χ0n) is 18.4. The SMILES string of the molecule is Cc1cccc2c1c(C(=O)N1CCN(c3ccccn3)CC1)c(-c1ccccc1)n2C.Cl. The van der Waals surface area contributed by atoms with Crippen LogP contribution in [0.3, 0.4) is 0 Å². The molecule has 0 bridgehead atoms. The Morgan fingerprint density at radius 3 is 2.28 bits per heavy atom. The van der Waals surface area contributed by atoms with Gasteiger partial charge < -0.3 is 14.4 Å². The van der Waals surface area contributed by atoms with Crippen LogP contribution in [0.2, 0.25) is 0 Å². The third-order valence-electron chi connectivity index (χ3n) is 6.24. The minimum absolute atomic E-state index is 0. The number of carbonyl (C=O) groups excluding carboxylic acids is 1. The van der Waals surface area contributed by atoms with Crippen LogP contribution in [0.25, 0.3) is 22.2 Å². The van der Waals surface area contributed by atoms with Crippen molar-refractivity contribution in [2.45, 2.75) is 6.92 Å². The second-order valence-electron chi connectivity index (χ2n) is 8.08. The fourth-order valence-corrected chi connectivity index (χ4v) is 4.64. The van der Waals surface area contributed by atoms with Crippen LogP contribution in [-0.2, 0) is 7.05 Å². The van der Waals surface area contributed by atoms with Gasteiger partial charge in [0.05, 0.1) is 11.3 Å². The normalized spacial score (nSPS) is 13.8. The summed E-state index contributed by atoms with van der Waals surface area (Å²) in [5.74, 6) is 1.08. The molecule has 0 N–H and O–H groups in total. The summed E-state index contributed by atoms with van der Waals surface area (Å²) < 4.78 is 2.16. The largest absolute Gasteiger partial charge is 0.353 e. The first kappa shape index (κ1) is 21.9. The monoisotopic (exact) mass is 446 g/mol. The van der Waals surface area contributed by atoms with Gasteiger partial charge in [-0.15, -0.1) is 12.4 Å². The zero-order chi connectivity index (χ0) is 21.4. The van der Waals surface area contributed by atoms with E-state index in [0.717, 1.165) is 52.2 Å². The van der Waals surface area contributed by atoms with E-state index >= 15 is 0 Å². The number of pyridine rings is 1. The molecule has 0 saturated carbocycles. The number of hydrogen-bond donors (Lipinski definition) is 0. The van der Waals surface area contributed by atoms with Crippen LogP contribution >= 0.6 is 12.4 Å². The van der Waals surface area contributed by atoms with Crippen LogP contribution in [0.15, 0.2) is 72.9 Å². The van der Waals surface area contributed by atoms with Gasteiger partial charge in [0, 0.05) is 50.3 Å². The average Bonchev–Trinajstić information content (AvgIpc) is 3.13. The van der Waals surface area contributed by atoms with Crippen LogP contribution in [0.5, 0.6) is 0 Å². The number of amides is 1. The molecule has 3 heterocycles. The van der Waals surface area contributed by atoms with Gasteiger partial charge in [-0.3, -0.25) is 4.79 Å². The number of nitrogens with zero attached hydrogens (tertiary/aromatic N) is 4. The number of aromatic nitrogens is 2. The fourth-order valence-electron chi connectivity index (χ4n) is 4.64. The van der Waals surface area contributed by atoms with Gasteiger partial charge in [0.25, 0.3) is 5.91 Å². The van der Waals surface area contributed by atoms with E-state index in [9.17, 15) is 4.79 Å². The topological polar surface area (TPSA) is 41.4 Å². The molecule has 2 aromatic carbocycles. The summed E-state index contributed by atoms with van der Waals surface area (Å²) >= 11 is 0. The van der Waals surface area contributed by atoms with Gasteiger partial charge in [0.2, 0.25) is 0 Å². The van der Waals surface area contributed by atoms with Crippen LogP contribution in [0, 0.1) is 6.92 Å². The highest BCUT2D eigenvalue weighted by Crippen LogP contribution is 2.36. The highest BCUT2D eigenvalue weighted by atomic mass is 35.5. The molecule has 2 aromatic heterocycles. The molecule has 0 aliphatic carbocycles. The van der Waals surface area contributed by atoms with E-state index in [1.807, 2.05) is 47.5 Å². The van der Waals surface area contributed by atoms with Crippen molar-refractivity contribution in [2.75, 3.05) is 31.1 Å². The van der Waals surface area contributed by atoms with E-state index in [1.54, 1.807) is 0 Å². The van der Waals surface area contributed by atoms with Gasteiger partial charge in [-0.2, -0.15) is 0 Å². The van der Waals surface area contributed by atoms with Crippen molar-refractivity contribution in [1.29, 1.82) is 0 Å². The molecule has 1 amide bonds. The Hall–Kier alpha value is -3.31. The standard InChI is InChI=1S/C26H26N4O.ClH/c1-19-9-8-12-21-23(19)24(25(28(21)2)20-10-4-3-5-11-20)26(31)30-17-15-29(16-18-30)22-13-6-7-14-27-22;/h3-14H,15-18H2,1-2H3;1H. The molecule has 0 radical (unpaired) electrons. The van der Waals surface area contributed by atoms with E-state index in [-0.39, 0.29) is 18.3 Å². The summed E-state index contributed by atoms with van der Waals surface area (Å²) in [5, 5.41) is 1.06. The maximum Gasteiger partial charge on any atom is 0.256 e. The summed E-state index contributed by atoms with van der Waals surface area (Å²) in [6.07, 6.45) is 1.82. The average molecular weight is 447 g/mol. The molecule has 164 valence electrons. The molecule has 0 atom stereocenters. The van der Waals surface area contributed by atoms with E-state index < -0.39 is 0 Å². The first-order valence-corrected chi connectivity index (χ1v) is 10.7. The first-order valence-electron chi connectivity index (χ1n) is 10.7. The first-order chi connectivity index (χ1) is 15.1. The second kappa shape index (κ2) is 9.05. The van der Waals surface area contributed by atoms with Crippen molar-refractivity contribution in [2.24, 2.45) is 7.05 Å². The number of anilines is 1. The lowest BCUT2D eigenvalue weighted by Gasteiger charge is -2.35. The maximum atomic E-state index is 13.9. The van der Waals surface area contributed by atoms with E-state index in [1.165, 1.54) is 0 Å². The number of carbonyl (C=O) groups is 1. The van der Waals surface area contributed by atoms with Crippen molar-refractivity contribution >= 4 is 35.0 Å². The maximum absolute atomic E-state index is 13.9. The molecular weight excluding hydrogens is 420 g/mol. The van der Waals surface area contributed by atoms with Crippen LogP contribution in [0.1, 0.15) is 15.9 Å². The summed E-state index contributed by atoms with van der Waals surface area (Å²) in [4.78, 5) is 22.6. The van der Waals surface area contributed by atoms with E-state index in [2.05, 4.69) is 58.8 Å². The van der Waals surface area contributed by atoms with Gasteiger partial charge in [-0.25, -0.2) is 4.98 Å². The van der Waals surface area contributed by atoms with Gasteiger partial charge in [-0.1, -0.05) is 48.5 Å². The number of hydrogen-bond acceptors (Lipinski definition) is 3. The number of aryl methyl sites for hydroxylation is 2. The highest BCUT2D eigenvalue weighted by molar-refractivity contribution is 6.13. The predicted molar refractivity (Wildman–Crippen MR) is 133 cm³/mol. The summed E-state index contributed by atoms with van der Waals surface area (Å²) in [6, 6.07) is 22.4. The lowest BCUT2D eigenvalue weighted by molar-refractivity contribution is 0.0749. The van der Waals surface area contributed by atoms with Crippen molar-refractivity contribution in [3.8, 4) is 11.3 Å². The number of halogens is 1. The molecule has 1 saturated heterocycles. The Labute approximate surface area is 194 Å². The third kappa shape index (κ3) is 3.73. The Kier molecular flexibility index (Phi) is 6.19. The fraction of sp³-hybridized carbons (Fsp3) is 0.231. The van der Waals surface area contributed by atoms with Crippen LogP contribution < -0.4 is 4.90 Å². The summed E-state index contributed by atoms with van der Waals surface area (Å²) in [6.45, 7) is 5.03. The quantitative estimate of drug-likeness (QED) is 0.448. The van der Waals surface area contributed by atoms with Crippen LogP contribution in [0.4, 0.5) is 5.82 Å². The molecule has 5 nitrogen and oxygen atoms in total. The molecule has 0 unspecified atom stereocenters. The molecule has 5 rings (SSSR count). The minimum atomic E-state index is 0. The minimum Gasteiger partial charge on any atom is -0.353 e. The zero-order valence-corrected chi connectivity index (χ0v) is 19.2. The number of fused-ring (bicyclic) bond motifs is 1. The Morgan fingerprint density at radius 1 is 0.875 bits per heavy atom. The van der Waals surface area contributed by atoms with E-state index in [0.29, 0.717) is 13.1 Å². The predicted octanol–water partition coefficient (Wildman–Crippen LogP) is 4.93. The summed E-state index contributed by atoms with van der Waals surface area (Å²) in [7, 11) is 2.06. The smallest absolute Gasteiger partial charge is 0.256 e. The molecule has 6 heteroatoms. The Balaban J connectivity index is 0.00000245. The highest BCUT2D eigenvalue weighted by Gasteiger charge is 2.29. The van der Waals surface area contributed by atoms with Crippen LogP contribution in [-0.4, -0.2) is 46.5 Å². The summed E-state index contributed by atoms with van der Waals surface area (Å²) in [5.41, 5.74) is 5.09. The van der Waals surface area contributed by atoms with Crippen molar-refractivity contribution < 1.29 is 4.79 Å². The Bertz CT molecular complexity index is 1230. The van der Waals surface area contributed by atoms with E-state index in [4.69, 9.17) is 0 Å². The molecule has 1 aliphatic heterocycles. The Morgan fingerprint density at radius 2 is 1.59 bits per heavy atom. The van der Waals surface area contributed by atoms with Crippen molar-refractivity contribution in [3.05, 3.63) is 84.1 Å². The van der Waals surface area contributed by atoms with Gasteiger partial charge in [0.1, 0.15) is 5.82 Å². The lowest BCUT2D eigenvalue weighted by atomic mass is 10.0. The second-order valence-corrected chi connectivity index (χ2v) is 8.08. The molecular formula is C26H27ClN4O. The molecule has 0 spiro atoms. The molecule has 1 aliphatic rings. The molecule has 32 heavy (non-hydrogen) atoms. The number of rotatable bonds is 3. The molecule has 4 aromatic rings. The third-order valence-corrected chi connectivity index (χ3v) is 6.24. The number of piperazine rings is 1. The van der Waals surface area contributed by atoms with Gasteiger partial charge in [-0.05, 0) is 36.2 Å². The van der Waals surface area contributed by atoms with Gasteiger partial charge >= 0.3 is 0 Å².